The van der Waals surface area contributed by atoms with Gasteiger partial charge in [-0.1, -0.05) is 42.5 Å². The van der Waals surface area contributed by atoms with Crippen LogP contribution in [0.1, 0.15) is 22.3 Å². The van der Waals surface area contributed by atoms with Crippen molar-refractivity contribution in [2.45, 2.75) is 13.0 Å². The van der Waals surface area contributed by atoms with E-state index in [2.05, 4.69) is 0 Å². The second-order valence-electron chi connectivity index (χ2n) is 6.68. The Labute approximate surface area is 171 Å². The molecule has 152 valence electrons. The van der Waals surface area contributed by atoms with Gasteiger partial charge in [-0.3, -0.25) is 9.59 Å². The van der Waals surface area contributed by atoms with E-state index in [0.29, 0.717) is 23.6 Å². The highest BCUT2D eigenvalue weighted by atomic mass is 19.1. The molecule has 0 atom stereocenters. The van der Waals surface area contributed by atoms with Gasteiger partial charge in [0.25, 0.3) is 11.3 Å². The van der Waals surface area contributed by atoms with Crippen molar-refractivity contribution in [3.63, 3.8) is 0 Å². The van der Waals surface area contributed by atoms with Crippen molar-refractivity contribution in [2.24, 2.45) is 0 Å². The Morgan fingerprint density at radius 1 is 0.933 bits per heavy atom. The van der Waals surface area contributed by atoms with Crippen LogP contribution in [0.4, 0.5) is 4.39 Å². The summed E-state index contributed by atoms with van der Waals surface area (Å²) in [6.45, 7) is 0.106. The van der Waals surface area contributed by atoms with E-state index >= 15 is 0 Å². The lowest BCUT2D eigenvalue weighted by atomic mass is 10.0. The van der Waals surface area contributed by atoms with Crippen LogP contribution in [0.3, 0.4) is 0 Å². The fraction of sp³-hybridized carbons (Fsp3) is 0.0870. The smallest absolute Gasteiger partial charge is 0.376 e. The summed E-state index contributed by atoms with van der Waals surface area (Å²) in [5, 5.41) is 19.0. The molecule has 6 nitrogen and oxygen atoms in total. The fourth-order valence-electron chi connectivity index (χ4n) is 2.98. The molecule has 2 aromatic carbocycles. The van der Waals surface area contributed by atoms with Crippen LogP contribution in [0, 0.1) is 5.82 Å². The average molecular weight is 407 g/mol. The molecule has 3 rings (SSSR count). The molecule has 0 saturated heterocycles. The Kier molecular flexibility index (Phi) is 6.22. The molecule has 3 aromatic rings. The first-order valence-corrected chi connectivity index (χ1v) is 9.03. The number of carbonyl (C=O) groups is 2. The molecule has 0 aliphatic carbocycles. The minimum absolute atomic E-state index is 0.106. The van der Waals surface area contributed by atoms with Crippen molar-refractivity contribution in [1.82, 2.24) is 4.57 Å². The molecule has 2 N–H and O–H groups in total. The highest BCUT2D eigenvalue weighted by Crippen LogP contribution is 2.15. The minimum Gasteiger partial charge on any atom is -0.507 e. The summed E-state index contributed by atoms with van der Waals surface area (Å²) in [6, 6.07) is 16.5. The lowest BCUT2D eigenvalue weighted by molar-refractivity contribution is -0.146. The van der Waals surface area contributed by atoms with Crippen molar-refractivity contribution in [3.8, 4) is 0 Å². The van der Waals surface area contributed by atoms with Crippen LogP contribution >= 0.6 is 0 Å². The van der Waals surface area contributed by atoms with Gasteiger partial charge in [-0.15, -0.1) is 0 Å². The highest BCUT2D eigenvalue weighted by Gasteiger charge is 2.15. The second-order valence-corrected chi connectivity index (χ2v) is 6.68. The molecular formula is C23H18FNO5. The Balaban J connectivity index is 2.06. The van der Waals surface area contributed by atoms with Crippen LogP contribution in [0.25, 0.3) is 5.76 Å². The number of aliphatic hydroxyl groups is 1. The number of rotatable bonds is 7. The Hall–Kier alpha value is -4.00. The van der Waals surface area contributed by atoms with Gasteiger partial charge in [0, 0.05) is 12.3 Å². The molecule has 0 saturated carbocycles. The van der Waals surface area contributed by atoms with E-state index in [-0.39, 0.29) is 12.1 Å². The number of halogens is 1. The standard InChI is InChI=1S/C23H18FNO5/c24-18-8-6-16(7-9-18)13-25-14-17(10-15-4-2-1-3-5-15)11-19(22(25)28)20(26)12-21(27)23(29)30/h1-9,11-12,14,26H,10,13H2,(H,29,30)/b20-12-. The maximum atomic E-state index is 13.2. The van der Waals surface area contributed by atoms with Crippen molar-refractivity contribution < 1.29 is 24.2 Å². The molecule has 30 heavy (non-hydrogen) atoms. The lowest BCUT2D eigenvalue weighted by Gasteiger charge is -2.12. The second kappa shape index (κ2) is 9.00. The minimum atomic E-state index is -1.74. The van der Waals surface area contributed by atoms with Gasteiger partial charge >= 0.3 is 5.97 Å². The molecular weight excluding hydrogens is 389 g/mol. The summed E-state index contributed by atoms with van der Waals surface area (Å²) >= 11 is 0. The quantitative estimate of drug-likeness (QED) is 0.356. The molecule has 0 aliphatic rings. The summed E-state index contributed by atoms with van der Waals surface area (Å²) in [7, 11) is 0. The first kappa shape index (κ1) is 20.7. The number of nitrogens with zero attached hydrogens (tertiary/aromatic N) is 1. The van der Waals surface area contributed by atoms with Gasteiger partial charge in [-0.05, 0) is 41.3 Å². The third-order valence-electron chi connectivity index (χ3n) is 4.41. The van der Waals surface area contributed by atoms with Gasteiger partial charge in [-0.25, -0.2) is 9.18 Å². The van der Waals surface area contributed by atoms with Crippen LogP contribution in [0.2, 0.25) is 0 Å². The third-order valence-corrected chi connectivity index (χ3v) is 4.41. The summed E-state index contributed by atoms with van der Waals surface area (Å²) < 4.78 is 14.5. The lowest BCUT2D eigenvalue weighted by Crippen LogP contribution is -2.25. The number of carboxylic acids is 1. The number of carbonyl (C=O) groups excluding carboxylic acids is 1. The molecule has 7 heteroatoms. The molecule has 1 aromatic heterocycles. The molecule has 0 unspecified atom stereocenters. The van der Waals surface area contributed by atoms with Crippen LogP contribution < -0.4 is 5.56 Å². The number of ketones is 1. The summed E-state index contributed by atoms with van der Waals surface area (Å²) in [6.07, 6.45) is 2.57. The summed E-state index contributed by atoms with van der Waals surface area (Å²) in [5.74, 6) is -4.22. The molecule has 0 bridgehead atoms. The zero-order chi connectivity index (χ0) is 21.7. The van der Waals surface area contributed by atoms with E-state index in [4.69, 9.17) is 5.11 Å². The van der Waals surface area contributed by atoms with Gasteiger partial charge in [0.05, 0.1) is 12.1 Å². The SMILES string of the molecule is O=C(O)C(=O)/C=C(\O)c1cc(Cc2ccccc2)cn(Cc2ccc(F)cc2)c1=O. The predicted molar refractivity (Wildman–Crippen MR) is 109 cm³/mol. The van der Waals surface area contributed by atoms with E-state index in [9.17, 15) is 23.9 Å². The van der Waals surface area contributed by atoms with E-state index < -0.39 is 28.9 Å². The predicted octanol–water partition coefficient (Wildman–Crippen LogP) is 3.18. The molecule has 0 fully saturated rings. The first-order chi connectivity index (χ1) is 14.3. The van der Waals surface area contributed by atoms with Crippen molar-refractivity contribution >= 4 is 17.5 Å². The number of pyridine rings is 1. The topological polar surface area (TPSA) is 96.6 Å². The number of aliphatic hydroxyl groups excluding tert-OH is 1. The van der Waals surface area contributed by atoms with Gasteiger partial charge in [0.15, 0.2) is 0 Å². The molecule has 0 amide bonds. The van der Waals surface area contributed by atoms with Gasteiger partial charge < -0.3 is 14.8 Å². The monoisotopic (exact) mass is 407 g/mol. The highest BCUT2D eigenvalue weighted by molar-refractivity contribution is 6.38. The van der Waals surface area contributed by atoms with E-state index in [1.54, 1.807) is 6.20 Å². The Morgan fingerprint density at radius 2 is 1.60 bits per heavy atom. The van der Waals surface area contributed by atoms with Crippen LogP contribution in [0.15, 0.2) is 77.7 Å². The first-order valence-electron chi connectivity index (χ1n) is 9.03. The fourth-order valence-corrected chi connectivity index (χ4v) is 2.98. The van der Waals surface area contributed by atoms with Crippen molar-refractivity contribution in [3.05, 3.63) is 111 Å². The largest absolute Gasteiger partial charge is 0.507 e. The third kappa shape index (κ3) is 5.08. The number of hydrogen-bond donors (Lipinski definition) is 2. The van der Waals surface area contributed by atoms with Crippen LogP contribution in [0.5, 0.6) is 0 Å². The van der Waals surface area contributed by atoms with Gasteiger partial charge in [-0.2, -0.15) is 0 Å². The molecule has 0 spiro atoms. The number of carboxylic acid groups (broad SMARTS) is 1. The van der Waals surface area contributed by atoms with Gasteiger partial charge in [0.2, 0.25) is 0 Å². The van der Waals surface area contributed by atoms with E-state index in [1.165, 1.54) is 34.9 Å². The maximum absolute atomic E-state index is 13.2. The summed E-state index contributed by atoms with van der Waals surface area (Å²) in [5.41, 5.74) is 1.48. The number of aromatic nitrogens is 1. The van der Waals surface area contributed by atoms with Crippen LogP contribution in [-0.2, 0) is 22.6 Å². The van der Waals surface area contributed by atoms with E-state index in [1.807, 2.05) is 30.3 Å². The average Bonchev–Trinajstić information content (AvgIpc) is 2.72. The number of hydrogen-bond acceptors (Lipinski definition) is 4. The van der Waals surface area contributed by atoms with Gasteiger partial charge in [0.1, 0.15) is 11.6 Å². The number of aliphatic carboxylic acids is 1. The molecule has 1 heterocycles. The Bertz CT molecular complexity index is 1160. The van der Waals surface area contributed by atoms with Crippen LogP contribution in [-0.4, -0.2) is 26.5 Å². The normalized spacial score (nSPS) is 11.3. The molecule has 0 radical (unpaired) electrons. The summed E-state index contributed by atoms with van der Waals surface area (Å²) in [4.78, 5) is 35.1. The molecule has 0 aliphatic heterocycles. The Morgan fingerprint density at radius 3 is 2.23 bits per heavy atom. The van der Waals surface area contributed by atoms with E-state index in [0.717, 1.165) is 5.56 Å². The van der Waals surface area contributed by atoms with Crippen molar-refractivity contribution in [2.75, 3.05) is 0 Å². The van der Waals surface area contributed by atoms with Crippen molar-refractivity contribution in [1.29, 1.82) is 0 Å². The number of benzene rings is 2. The zero-order valence-electron chi connectivity index (χ0n) is 15.8. The maximum Gasteiger partial charge on any atom is 0.376 e. The zero-order valence-corrected chi connectivity index (χ0v) is 15.8.